The molecule has 0 saturated carbocycles. The third-order valence-corrected chi connectivity index (χ3v) is 2.57. The zero-order valence-corrected chi connectivity index (χ0v) is 9.04. The molecule has 0 aliphatic carbocycles. The molecule has 17 heavy (non-hydrogen) atoms. The van der Waals surface area contributed by atoms with Crippen LogP contribution < -0.4 is 5.73 Å². The van der Waals surface area contributed by atoms with Crippen molar-refractivity contribution in [3.8, 4) is 11.3 Å². The van der Waals surface area contributed by atoms with E-state index in [9.17, 15) is 0 Å². The molecule has 1 aromatic carbocycles. The summed E-state index contributed by atoms with van der Waals surface area (Å²) in [5, 5.41) is 1.05. The average Bonchev–Trinajstić information content (AvgIpc) is 2.38. The highest BCUT2D eigenvalue weighted by molar-refractivity contribution is 5.93. The summed E-state index contributed by atoms with van der Waals surface area (Å²) in [6.07, 6.45) is 5.02. The molecule has 3 rings (SSSR count). The first kappa shape index (κ1) is 9.72. The van der Waals surface area contributed by atoms with Crippen LogP contribution in [0.4, 0.5) is 5.82 Å². The minimum absolute atomic E-state index is 0.420. The highest BCUT2D eigenvalue weighted by Crippen LogP contribution is 2.25. The van der Waals surface area contributed by atoms with Crippen LogP contribution in [0.25, 0.3) is 22.2 Å². The van der Waals surface area contributed by atoms with E-state index in [1.807, 2.05) is 30.3 Å². The second-order valence-corrected chi connectivity index (χ2v) is 3.70. The van der Waals surface area contributed by atoms with Crippen LogP contribution in [-0.4, -0.2) is 15.0 Å². The van der Waals surface area contributed by atoms with E-state index in [4.69, 9.17) is 5.73 Å². The molecular weight excluding hydrogens is 212 g/mol. The summed E-state index contributed by atoms with van der Waals surface area (Å²) in [5.41, 5.74) is 8.35. The predicted molar refractivity (Wildman–Crippen MR) is 67.2 cm³/mol. The normalized spacial score (nSPS) is 10.6. The number of nitrogens with two attached hydrogens (primary N) is 1. The van der Waals surface area contributed by atoms with Gasteiger partial charge in [-0.05, 0) is 12.1 Å². The largest absolute Gasteiger partial charge is 0.382 e. The van der Waals surface area contributed by atoms with Crippen LogP contribution in [0.2, 0.25) is 0 Å². The molecule has 2 heterocycles. The van der Waals surface area contributed by atoms with E-state index in [0.29, 0.717) is 5.82 Å². The predicted octanol–water partition coefficient (Wildman–Crippen LogP) is 2.27. The summed E-state index contributed by atoms with van der Waals surface area (Å²) in [7, 11) is 0. The van der Waals surface area contributed by atoms with Crippen molar-refractivity contribution in [1.29, 1.82) is 0 Å². The van der Waals surface area contributed by atoms with E-state index >= 15 is 0 Å². The molecule has 0 radical (unpaired) electrons. The van der Waals surface area contributed by atoms with Crippen molar-refractivity contribution in [3.63, 3.8) is 0 Å². The number of nitrogens with zero attached hydrogens (tertiary/aromatic N) is 3. The molecule has 0 saturated heterocycles. The van der Waals surface area contributed by atoms with Gasteiger partial charge in [0.05, 0.1) is 23.6 Å². The van der Waals surface area contributed by atoms with Gasteiger partial charge in [-0.2, -0.15) is 0 Å². The molecule has 0 atom stereocenters. The number of anilines is 1. The van der Waals surface area contributed by atoms with Crippen molar-refractivity contribution < 1.29 is 0 Å². The molecule has 82 valence electrons. The minimum Gasteiger partial charge on any atom is -0.382 e. The average molecular weight is 222 g/mol. The Kier molecular flexibility index (Phi) is 2.19. The maximum Gasteiger partial charge on any atom is 0.142 e. The van der Waals surface area contributed by atoms with Crippen LogP contribution in [-0.2, 0) is 0 Å². The summed E-state index contributed by atoms with van der Waals surface area (Å²) in [4.78, 5) is 12.7. The lowest BCUT2D eigenvalue weighted by atomic mass is 10.1. The molecule has 0 fully saturated rings. The Hall–Kier alpha value is -2.49. The molecule has 4 heteroatoms. The van der Waals surface area contributed by atoms with Crippen molar-refractivity contribution >= 4 is 16.7 Å². The molecule has 4 nitrogen and oxygen atoms in total. The highest BCUT2D eigenvalue weighted by Gasteiger charge is 2.05. The van der Waals surface area contributed by atoms with Gasteiger partial charge in [0.25, 0.3) is 0 Å². The van der Waals surface area contributed by atoms with Gasteiger partial charge in [0, 0.05) is 17.1 Å². The van der Waals surface area contributed by atoms with Crippen molar-refractivity contribution in [3.05, 3.63) is 48.9 Å². The van der Waals surface area contributed by atoms with E-state index in [1.165, 1.54) is 6.20 Å². The Morgan fingerprint density at radius 3 is 2.82 bits per heavy atom. The van der Waals surface area contributed by atoms with Crippen LogP contribution in [0.15, 0.2) is 48.9 Å². The summed E-state index contributed by atoms with van der Waals surface area (Å²) >= 11 is 0. The van der Waals surface area contributed by atoms with E-state index in [0.717, 1.165) is 22.2 Å². The Balaban J connectivity index is 2.30. The SMILES string of the molecule is Nc1cncc(-c2cccc3ncccc23)n1. The molecular formula is C13H10N4. The van der Waals surface area contributed by atoms with Gasteiger partial charge in [-0.3, -0.25) is 9.97 Å². The lowest BCUT2D eigenvalue weighted by molar-refractivity contribution is 1.22. The molecule has 2 N–H and O–H groups in total. The fourth-order valence-electron chi connectivity index (χ4n) is 1.84. The molecule has 0 aliphatic rings. The molecule has 0 bridgehead atoms. The Bertz CT molecular complexity index is 674. The number of nitrogen functional groups attached to an aromatic ring is 1. The van der Waals surface area contributed by atoms with E-state index < -0.39 is 0 Å². The minimum atomic E-state index is 0.420. The maximum atomic E-state index is 5.65. The number of fused-ring (bicyclic) bond motifs is 1. The van der Waals surface area contributed by atoms with Crippen LogP contribution >= 0.6 is 0 Å². The monoisotopic (exact) mass is 222 g/mol. The lowest BCUT2D eigenvalue weighted by Crippen LogP contribution is -1.94. The summed E-state index contributed by atoms with van der Waals surface area (Å²) in [6, 6.07) is 9.84. The standard InChI is InChI=1S/C13H10N4/c14-13-8-15-7-12(17-13)10-3-1-5-11-9(10)4-2-6-16-11/h1-8H,(H2,14,17). The van der Waals surface area contributed by atoms with E-state index in [-0.39, 0.29) is 0 Å². The van der Waals surface area contributed by atoms with Crippen molar-refractivity contribution in [2.24, 2.45) is 0 Å². The van der Waals surface area contributed by atoms with Gasteiger partial charge in [-0.15, -0.1) is 0 Å². The first-order valence-electron chi connectivity index (χ1n) is 5.26. The third-order valence-electron chi connectivity index (χ3n) is 2.57. The van der Waals surface area contributed by atoms with Gasteiger partial charge >= 0.3 is 0 Å². The number of pyridine rings is 1. The molecule has 0 aliphatic heterocycles. The van der Waals surface area contributed by atoms with Crippen molar-refractivity contribution in [2.75, 3.05) is 5.73 Å². The zero-order chi connectivity index (χ0) is 11.7. The maximum absolute atomic E-state index is 5.65. The Morgan fingerprint density at radius 2 is 1.94 bits per heavy atom. The number of rotatable bonds is 1. The summed E-state index contributed by atoms with van der Waals surface area (Å²) in [6.45, 7) is 0. The smallest absolute Gasteiger partial charge is 0.142 e. The second kappa shape index (κ2) is 3.83. The first-order valence-corrected chi connectivity index (χ1v) is 5.26. The van der Waals surface area contributed by atoms with Gasteiger partial charge in [-0.25, -0.2) is 4.98 Å². The van der Waals surface area contributed by atoms with Gasteiger partial charge < -0.3 is 5.73 Å². The number of hydrogen-bond donors (Lipinski definition) is 1. The molecule has 0 unspecified atom stereocenters. The Labute approximate surface area is 98.2 Å². The fourth-order valence-corrected chi connectivity index (χ4v) is 1.84. The van der Waals surface area contributed by atoms with Gasteiger partial charge in [-0.1, -0.05) is 18.2 Å². The van der Waals surface area contributed by atoms with Gasteiger partial charge in [0.15, 0.2) is 0 Å². The molecule has 0 amide bonds. The van der Waals surface area contributed by atoms with Gasteiger partial charge in [0.1, 0.15) is 5.82 Å². The fraction of sp³-hybridized carbons (Fsp3) is 0. The summed E-state index contributed by atoms with van der Waals surface area (Å²) < 4.78 is 0. The molecule has 2 aromatic heterocycles. The molecule has 0 spiro atoms. The zero-order valence-electron chi connectivity index (χ0n) is 9.04. The van der Waals surface area contributed by atoms with Crippen molar-refractivity contribution in [1.82, 2.24) is 15.0 Å². The van der Waals surface area contributed by atoms with Crippen LogP contribution in [0.1, 0.15) is 0 Å². The Morgan fingerprint density at radius 1 is 1.00 bits per heavy atom. The highest BCUT2D eigenvalue weighted by atomic mass is 14.9. The number of benzene rings is 1. The molecule has 3 aromatic rings. The van der Waals surface area contributed by atoms with E-state index in [2.05, 4.69) is 15.0 Å². The second-order valence-electron chi connectivity index (χ2n) is 3.70. The topological polar surface area (TPSA) is 64.7 Å². The van der Waals surface area contributed by atoms with Crippen molar-refractivity contribution in [2.45, 2.75) is 0 Å². The summed E-state index contributed by atoms with van der Waals surface area (Å²) in [5.74, 6) is 0.420. The van der Waals surface area contributed by atoms with Crippen LogP contribution in [0.3, 0.4) is 0 Å². The van der Waals surface area contributed by atoms with Crippen LogP contribution in [0.5, 0.6) is 0 Å². The third kappa shape index (κ3) is 1.69. The van der Waals surface area contributed by atoms with Gasteiger partial charge in [0.2, 0.25) is 0 Å². The van der Waals surface area contributed by atoms with Crippen LogP contribution in [0, 0.1) is 0 Å². The quantitative estimate of drug-likeness (QED) is 0.686. The lowest BCUT2D eigenvalue weighted by Gasteiger charge is -2.05. The number of aromatic nitrogens is 3. The first-order chi connectivity index (χ1) is 8.34. The number of hydrogen-bond acceptors (Lipinski definition) is 4. The van der Waals surface area contributed by atoms with E-state index in [1.54, 1.807) is 12.4 Å².